The molecule has 0 atom stereocenters. The molecular formula is C20H22N4O2S. The second kappa shape index (κ2) is 7.64. The molecule has 7 heteroatoms. The molecule has 0 spiro atoms. The van der Waals surface area contributed by atoms with Crippen molar-refractivity contribution >= 4 is 10.2 Å². The highest BCUT2D eigenvalue weighted by molar-refractivity contribution is 7.87. The predicted molar refractivity (Wildman–Crippen MR) is 105 cm³/mol. The molecule has 2 heterocycles. The van der Waals surface area contributed by atoms with Gasteiger partial charge in [-0.2, -0.15) is 17.8 Å². The molecule has 0 amide bonds. The van der Waals surface area contributed by atoms with Crippen LogP contribution in [-0.4, -0.2) is 35.6 Å². The number of rotatable bonds is 6. The van der Waals surface area contributed by atoms with Crippen LogP contribution in [0.5, 0.6) is 0 Å². The molecule has 1 aliphatic heterocycles. The third-order valence-electron chi connectivity index (χ3n) is 4.77. The molecule has 27 heavy (non-hydrogen) atoms. The minimum atomic E-state index is -3.49. The van der Waals surface area contributed by atoms with Crippen molar-refractivity contribution in [2.24, 2.45) is 0 Å². The minimum absolute atomic E-state index is 0.326. The first-order valence-corrected chi connectivity index (χ1v) is 10.5. The normalized spacial score (nSPS) is 14.8. The lowest BCUT2D eigenvalue weighted by Gasteiger charge is -2.28. The van der Waals surface area contributed by atoms with Crippen molar-refractivity contribution in [3.63, 3.8) is 0 Å². The van der Waals surface area contributed by atoms with E-state index in [4.69, 9.17) is 0 Å². The first-order valence-electron chi connectivity index (χ1n) is 9.03. The molecule has 0 saturated heterocycles. The molecule has 0 unspecified atom stereocenters. The van der Waals surface area contributed by atoms with E-state index in [1.807, 2.05) is 60.8 Å². The van der Waals surface area contributed by atoms with Crippen LogP contribution in [0.15, 0.2) is 66.9 Å². The van der Waals surface area contributed by atoms with Crippen LogP contribution < -0.4 is 4.72 Å². The summed E-state index contributed by atoms with van der Waals surface area (Å²) >= 11 is 0. The van der Waals surface area contributed by atoms with Crippen LogP contribution in [0.3, 0.4) is 0 Å². The zero-order valence-corrected chi connectivity index (χ0v) is 15.8. The number of para-hydroxylation sites is 1. The lowest BCUT2D eigenvalue weighted by atomic mass is 10.0. The fourth-order valence-electron chi connectivity index (χ4n) is 3.29. The highest BCUT2D eigenvalue weighted by Crippen LogP contribution is 2.20. The lowest BCUT2D eigenvalue weighted by Crippen LogP contribution is -2.43. The van der Waals surface area contributed by atoms with Crippen molar-refractivity contribution in [2.75, 3.05) is 13.1 Å². The van der Waals surface area contributed by atoms with Crippen molar-refractivity contribution in [3.8, 4) is 5.69 Å². The van der Waals surface area contributed by atoms with Crippen molar-refractivity contribution in [3.05, 3.63) is 83.7 Å². The van der Waals surface area contributed by atoms with Gasteiger partial charge >= 0.3 is 0 Å². The maximum absolute atomic E-state index is 12.6. The standard InChI is InChI=1S/C20H22N4O2S/c25-27(26,23-14-11-17-6-4-5-7-18(17)16-23)21-13-10-19-12-15-24(22-19)20-8-2-1-3-9-20/h1-9,12,15,21H,10-11,13-14,16H2. The summed E-state index contributed by atoms with van der Waals surface area (Å²) in [4.78, 5) is 0. The summed E-state index contributed by atoms with van der Waals surface area (Å²) in [5, 5.41) is 4.51. The van der Waals surface area contributed by atoms with Crippen LogP contribution in [0.4, 0.5) is 0 Å². The smallest absolute Gasteiger partial charge is 0.241 e. The quantitative estimate of drug-likeness (QED) is 0.711. The Morgan fingerprint density at radius 3 is 2.52 bits per heavy atom. The maximum atomic E-state index is 12.6. The molecule has 140 valence electrons. The maximum Gasteiger partial charge on any atom is 0.279 e. The topological polar surface area (TPSA) is 67.2 Å². The summed E-state index contributed by atoms with van der Waals surface area (Å²) in [5.41, 5.74) is 4.15. The molecule has 0 aliphatic carbocycles. The Kier molecular flexibility index (Phi) is 5.07. The van der Waals surface area contributed by atoms with E-state index >= 15 is 0 Å². The van der Waals surface area contributed by atoms with Gasteiger partial charge in [-0.1, -0.05) is 42.5 Å². The highest BCUT2D eigenvalue weighted by Gasteiger charge is 2.25. The Labute approximate surface area is 159 Å². The molecule has 4 rings (SSSR count). The monoisotopic (exact) mass is 382 g/mol. The SMILES string of the molecule is O=S(=O)(NCCc1ccn(-c2ccccc2)n1)N1CCc2ccccc2C1. The Balaban J connectivity index is 1.34. The van der Waals surface area contributed by atoms with Gasteiger partial charge in [-0.25, -0.2) is 9.40 Å². The summed E-state index contributed by atoms with van der Waals surface area (Å²) in [6.07, 6.45) is 3.18. The highest BCUT2D eigenvalue weighted by atomic mass is 32.2. The van der Waals surface area contributed by atoms with E-state index in [1.165, 1.54) is 9.87 Å². The molecule has 0 radical (unpaired) electrons. The number of fused-ring (bicyclic) bond motifs is 1. The van der Waals surface area contributed by atoms with E-state index in [0.717, 1.165) is 23.4 Å². The van der Waals surface area contributed by atoms with Gasteiger partial charge in [-0.05, 0) is 35.7 Å². The van der Waals surface area contributed by atoms with Gasteiger partial charge < -0.3 is 0 Å². The third kappa shape index (κ3) is 4.10. The number of hydrogen-bond donors (Lipinski definition) is 1. The van der Waals surface area contributed by atoms with Gasteiger partial charge in [-0.15, -0.1) is 0 Å². The second-order valence-corrected chi connectivity index (χ2v) is 8.34. The average molecular weight is 382 g/mol. The first-order chi connectivity index (χ1) is 13.1. The predicted octanol–water partition coefficient (Wildman–Crippen LogP) is 2.31. The molecule has 2 aromatic carbocycles. The molecule has 0 fully saturated rings. The Hall–Kier alpha value is -2.48. The third-order valence-corrected chi connectivity index (χ3v) is 6.33. The summed E-state index contributed by atoms with van der Waals surface area (Å²) in [7, 11) is -3.49. The number of benzene rings is 2. The van der Waals surface area contributed by atoms with E-state index in [2.05, 4.69) is 15.9 Å². The number of hydrogen-bond acceptors (Lipinski definition) is 3. The van der Waals surface area contributed by atoms with E-state index in [0.29, 0.717) is 26.1 Å². The molecular weight excluding hydrogens is 360 g/mol. The Bertz CT molecular complexity index is 1020. The minimum Gasteiger partial charge on any atom is -0.241 e. The van der Waals surface area contributed by atoms with Gasteiger partial charge in [0.05, 0.1) is 11.4 Å². The molecule has 1 aliphatic rings. The lowest BCUT2D eigenvalue weighted by molar-refractivity contribution is 0.384. The van der Waals surface area contributed by atoms with Crippen molar-refractivity contribution in [1.82, 2.24) is 18.8 Å². The Morgan fingerprint density at radius 1 is 0.963 bits per heavy atom. The first kappa shape index (κ1) is 17.9. The van der Waals surface area contributed by atoms with Crippen molar-refractivity contribution in [2.45, 2.75) is 19.4 Å². The van der Waals surface area contributed by atoms with Crippen LogP contribution in [0, 0.1) is 0 Å². The van der Waals surface area contributed by atoms with Gasteiger partial charge in [0, 0.05) is 32.3 Å². The number of aromatic nitrogens is 2. The van der Waals surface area contributed by atoms with Crippen LogP contribution in [-0.2, 0) is 29.6 Å². The average Bonchev–Trinajstić information content (AvgIpc) is 3.17. The molecule has 1 aromatic heterocycles. The van der Waals surface area contributed by atoms with Gasteiger partial charge in [0.1, 0.15) is 0 Å². The largest absolute Gasteiger partial charge is 0.279 e. The summed E-state index contributed by atoms with van der Waals surface area (Å²) in [5.74, 6) is 0. The molecule has 3 aromatic rings. The van der Waals surface area contributed by atoms with Crippen LogP contribution >= 0.6 is 0 Å². The van der Waals surface area contributed by atoms with Crippen LogP contribution in [0.2, 0.25) is 0 Å². The second-order valence-electron chi connectivity index (χ2n) is 6.59. The molecule has 0 bridgehead atoms. The van der Waals surface area contributed by atoms with E-state index in [9.17, 15) is 8.42 Å². The summed E-state index contributed by atoms with van der Waals surface area (Å²) < 4.78 is 31.2. The van der Waals surface area contributed by atoms with Crippen LogP contribution in [0.25, 0.3) is 5.69 Å². The van der Waals surface area contributed by atoms with Gasteiger partial charge in [0.25, 0.3) is 10.2 Å². The number of nitrogens with one attached hydrogen (secondary N) is 1. The fourth-order valence-corrected chi connectivity index (χ4v) is 4.48. The molecule has 6 nitrogen and oxygen atoms in total. The van der Waals surface area contributed by atoms with Gasteiger partial charge in [0.2, 0.25) is 0 Å². The fraction of sp³-hybridized carbons (Fsp3) is 0.250. The molecule has 0 saturated carbocycles. The van der Waals surface area contributed by atoms with E-state index in [1.54, 1.807) is 4.68 Å². The zero-order valence-electron chi connectivity index (χ0n) is 15.0. The summed E-state index contributed by atoms with van der Waals surface area (Å²) in [6, 6.07) is 19.8. The van der Waals surface area contributed by atoms with Gasteiger partial charge in [0.15, 0.2) is 0 Å². The number of nitrogens with zero attached hydrogens (tertiary/aromatic N) is 3. The van der Waals surface area contributed by atoms with Gasteiger partial charge in [-0.3, -0.25) is 0 Å². The molecule has 1 N–H and O–H groups in total. The zero-order chi connectivity index (χ0) is 18.7. The Morgan fingerprint density at radius 2 is 1.70 bits per heavy atom. The van der Waals surface area contributed by atoms with Crippen molar-refractivity contribution < 1.29 is 8.42 Å². The van der Waals surface area contributed by atoms with E-state index in [-0.39, 0.29) is 0 Å². The van der Waals surface area contributed by atoms with E-state index < -0.39 is 10.2 Å². The summed E-state index contributed by atoms with van der Waals surface area (Å²) in [6.45, 7) is 1.26. The van der Waals surface area contributed by atoms with Crippen molar-refractivity contribution in [1.29, 1.82) is 0 Å². The van der Waals surface area contributed by atoms with Crippen LogP contribution in [0.1, 0.15) is 16.8 Å².